The largest absolute Gasteiger partial charge is 0.493 e. The van der Waals surface area contributed by atoms with Crippen LogP contribution in [0.15, 0.2) is 55.5 Å². The number of nitrogens with one attached hydrogen (secondary N) is 2. The van der Waals surface area contributed by atoms with Gasteiger partial charge in [-0.1, -0.05) is 52.1 Å². The van der Waals surface area contributed by atoms with Crippen molar-refractivity contribution < 1.29 is 19.1 Å². The van der Waals surface area contributed by atoms with Crippen LogP contribution in [-0.2, 0) is 9.59 Å². The van der Waals surface area contributed by atoms with Crippen LogP contribution in [0.2, 0.25) is 0 Å². The van der Waals surface area contributed by atoms with E-state index in [2.05, 4.69) is 52.9 Å². The molecule has 0 aliphatic heterocycles. The average molecular weight is 638 g/mol. The van der Waals surface area contributed by atoms with Crippen LogP contribution in [0, 0.1) is 0 Å². The molecule has 0 radical (unpaired) electrons. The lowest BCUT2D eigenvalue weighted by Gasteiger charge is -2.08. The van der Waals surface area contributed by atoms with Crippen LogP contribution in [0.25, 0.3) is 0 Å². The summed E-state index contributed by atoms with van der Waals surface area (Å²) in [7, 11) is 0. The fraction of sp³-hybridized carbons (Fsp3) is 0.407. The van der Waals surface area contributed by atoms with Crippen LogP contribution in [0.5, 0.6) is 11.5 Å². The molecule has 10 heteroatoms. The summed E-state index contributed by atoms with van der Waals surface area (Å²) in [4.78, 5) is 24.1. The summed E-state index contributed by atoms with van der Waals surface area (Å²) >= 11 is 6.87. The Morgan fingerprint density at radius 1 is 0.757 bits per heavy atom. The zero-order chi connectivity index (χ0) is 26.9. The second kappa shape index (κ2) is 17.7. The molecule has 2 aromatic rings. The Morgan fingerprint density at radius 2 is 1.19 bits per heavy atom. The third-order valence-electron chi connectivity index (χ3n) is 4.96. The second-order valence-corrected chi connectivity index (χ2v) is 10.0. The Labute approximate surface area is 235 Å². The van der Waals surface area contributed by atoms with Gasteiger partial charge < -0.3 is 9.47 Å². The summed E-state index contributed by atoms with van der Waals surface area (Å²) in [5.41, 5.74) is 6.65. The van der Waals surface area contributed by atoms with E-state index in [-0.39, 0.29) is 11.8 Å². The molecule has 0 aliphatic rings. The molecule has 0 bridgehead atoms. The van der Waals surface area contributed by atoms with E-state index in [4.69, 9.17) is 9.47 Å². The number of carbonyl (C=O) groups is 2. The van der Waals surface area contributed by atoms with E-state index in [9.17, 15) is 9.59 Å². The predicted molar refractivity (Wildman–Crippen MR) is 154 cm³/mol. The standard InChI is InChI=1S/C27H34Br2N4O4/c1-3-14-36-24-12-10-22(28)16-20(24)18-30-32-26(34)8-6-5-7-9-27(35)33-31-19-21-17-23(29)11-13-25(21)37-15-4-2/h10-13,16-19H,3-9,14-15H2,1-2H3,(H,32,34)(H,33,35). The lowest BCUT2D eigenvalue weighted by atomic mass is 10.1. The van der Waals surface area contributed by atoms with Gasteiger partial charge in [0, 0.05) is 32.9 Å². The summed E-state index contributed by atoms with van der Waals surface area (Å²) in [5.74, 6) is 1.08. The third kappa shape index (κ3) is 12.4. The molecule has 0 atom stereocenters. The van der Waals surface area contributed by atoms with Gasteiger partial charge >= 0.3 is 0 Å². The van der Waals surface area contributed by atoms with Gasteiger partial charge in [-0.2, -0.15) is 10.2 Å². The highest BCUT2D eigenvalue weighted by Gasteiger charge is 2.06. The zero-order valence-corrected chi connectivity index (χ0v) is 24.4. The lowest BCUT2D eigenvalue weighted by molar-refractivity contribution is -0.121. The Bertz CT molecular complexity index is 993. The minimum absolute atomic E-state index is 0.175. The number of benzene rings is 2. The van der Waals surface area contributed by atoms with Gasteiger partial charge in [0.2, 0.25) is 11.8 Å². The Hall–Kier alpha value is -2.72. The first-order valence-corrected chi connectivity index (χ1v) is 14.0. The molecule has 0 saturated carbocycles. The summed E-state index contributed by atoms with van der Waals surface area (Å²) in [6.45, 7) is 5.30. The van der Waals surface area contributed by atoms with E-state index < -0.39 is 0 Å². The zero-order valence-electron chi connectivity index (χ0n) is 21.3. The summed E-state index contributed by atoms with van der Waals surface area (Å²) in [5, 5.41) is 8.10. The van der Waals surface area contributed by atoms with Crippen molar-refractivity contribution in [2.24, 2.45) is 10.2 Å². The first-order chi connectivity index (χ1) is 17.9. The van der Waals surface area contributed by atoms with Crippen LogP contribution in [0.4, 0.5) is 0 Å². The van der Waals surface area contributed by atoms with Gasteiger partial charge in [0.05, 0.1) is 25.6 Å². The quantitative estimate of drug-likeness (QED) is 0.127. The highest BCUT2D eigenvalue weighted by molar-refractivity contribution is 9.10. The maximum atomic E-state index is 12.1. The normalized spacial score (nSPS) is 11.1. The van der Waals surface area contributed by atoms with E-state index in [1.807, 2.05) is 50.2 Å². The minimum atomic E-state index is -0.175. The second-order valence-electron chi connectivity index (χ2n) is 8.21. The molecule has 0 aromatic heterocycles. The Kier molecular flexibility index (Phi) is 14.6. The molecule has 200 valence electrons. The molecular formula is C27H34Br2N4O4. The van der Waals surface area contributed by atoms with Gasteiger partial charge in [-0.25, -0.2) is 10.9 Å². The smallest absolute Gasteiger partial charge is 0.240 e. The van der Waals surface area contributed by atoms with E-state index in [0.717, 1.165) is 39.3 Å². The Balaban J connectivity index is 1.66. The summed E-state index contributed by atoms with van der Waals surface area (Å²) < 4.78 is 13.2. The van der Waals surface area contributed by atoms with Crippen LogP contribution < -0.4 is 20.3 Å². The highest BCUT2D eigenvalue weighted by Crippen LogP contribution is 2.23. The van der Waals surface area contributed by atoms with Gasteiger partial charge in [-0.15, -0.1) is 0 Å². The molecule has 2 rings (SSSR count). The van der Waals surface area contributed by atoms with Crippen molar-refractivity contribution in [3.8, 4) is 11.5 Å². The fourth-order valence-corrected chi connectivity index (χ4v) is 3.89. The topological polar surface area (TPSA) is 101 Å². The number of rotatable bonds is 16. The van der Waals surface area contributed by atoms with Crippen LogP contribution in [-0.4, -0.2) is 37.5 Å². The summed E-state index contributed by atoms with van der Waals surface area (Å²) in [6, 6.07) is 11.3. The number of hydrogen-bond acceptors (Lipinski definition) is 6. The average Bonchev–Trinajstić information content (AvgIpc) is 2.87. The molecule has 0 aliphatic carbocycles. The molecule has 37 heavy (non-hydrogen) atoms. The molecular weight excluding hydrogens is 604 g/mol. The van der Waals surface area contributed by atoms with Crippen LogP contribution in [0.1, 0.15) is 69.9 Å². The number of hydrogen-bond donors (Lipinski definition) is 2. The van der Waals surface area contributed by atoms with Crippen molar-refractivity contribution in [3.05, 3.63) is 56.5 Å². The number of carbonyl (C=O) groups excluding carboxylic acids is 2. The van der Waals surface area contributed by atoms with E-state index in [1.54, 1.807) is 12.4 Å². The summed E-state index contributed by atoms with van der Waals surface area (Å²) in [6.07, 6.45) is 7.69. The molecule has 0 heterocycles. The molecule has 2 aromatic carbocycles. The SMILES string of the molecule is CCCOc1ccc(Br)cc1C=NNC(=O)CCCCCC(=O)NN=Cc1cc(Br)ccc1OCCC. The van der Waals surface area contributed by atoms with E-state index >= 15 is 0 Å². The maximum absolute atomic E-state index is 12.1. The first kappa shape index (κ1) is 30.5. The molecule has 0 fully saturated rings. The van der Waals surface area contributed by atoms with Crippen molar-refractivity contribution >= 4 is 56.1 Å². The van der Waals surface area contributed by atoms with Crippen molar-refractivity contribution in [2.75, 3.05) is 13.2 Å². The number of amides is 2. The number of ether oxygens (including phenoxy) is 2. The lowest BCUT2D eigenvalue weighted by Crippen LogP contribution is -2.18. The van der Waals surface area contributed by atoms with Crippen molar-refractivity contribution in [3.63, 3.8) is 0 Å². The van der Waals surface area contributed by atoms with Crippen LogP contribution in [0.3, 0.4) is 0 Å². The molecule has 0 spiro atoms. The van der Waals surface area contributed by atoms with Crippen molar-refractivity contribution in [1.29, 1.82) is 0 Å². The van der Waals surface area contributed by atoms with Gasteiger partial charge in [0.15, 0.2) is 0 Å². The maximum Gasteiger partial charge on any atom is 0.240 e. The van der Waals surface area contributed by atoms with Crippen molar-refractivity contribution in [2.45, 2.75) is 58.8 Å². The first-order valence-electron chi connectivity index (χ1n) is 12.4. The Morgan fingerprint density at radius 3 is 1.59 bits per heavy atom. The number of unbranched alkanes of at least 4 members (excludes halogenated alkanes) is 2. The third-order valence-corrected chi connectivity index (χ3v) is 5.95. The van der Waals surface area contributed by atoms with Gasteiger partial charge in [0.1, 0.15) is 11.5 Å². The monoisotopic (exact) mass is 636 g/mol. The fourth-order valence-electron chi connectivity index (χ4n) is 3.13. The highest BCUT2D eigenvalue weighted by atomic mass is 79.9. The molecule has 0 unspecified atom stereocenters. The predicted octanol–water partition coefficient (Wildman–Crippen LogP) is 6.34. The molecule has 8 nitrogen and oxygen atoms in total. The van der Waals surface area contributed by atoms with Gasteiger partial charge in [-0.05, 0) is 62.1 Å². The van der Waals surface area contributed by atoms with Gasteiger partial charge in [-0.3, -0.25) is 9.59 Å². The minimum Gasteiger partial charge on any atom is -0.493 e. The van der Waals surface area contributed by atoms with Crippen molar-refractivity contribution in [1.82, 2.24) is 10.9 Å². The van der Waals surface area contributed by atoms with Crippen LogP contribution >= 0.6 is 31.9 Å². The molecule has 0 saturated heterocycles. The van der Waals surface area contributed by atoms with E-state index in [0.29, 0.717) is 50.4 Å². The van der Waals surface area contributed by atoms with E-state index in [1.165, 1.54) is 0 Å². The molecule has 2 amide bonds. The number of nitrogens with zero attached hydrogens (tertiary/aromatic N) is 2. The van der Waals surface area contributed by atoms with Gasteiger partial charge in [0.25, 0.3) is 0 Å². The number of hydrazone groups is 2. The number of halogens is 2. The molecule has 2 N–H and O–H groups in total.